The molecule has 1 N–H and O–H groups in total. The quantitative estimate of drug-likeness (QED) is 0.689. The number of nitrogens with zero attached hydrogens (tertiary/aromatic N) is 3. The van der Waals surface area contributed by atoms with Gasteiger partial charge in [-0.25, -0.2) is 5.01 Å². The Hall–Kier alpha value is -0.630. The van der Waals surface area contributed by atoms with Crippen molar-refractivity contribution in [3.63, 3.8) is 0 Å². The molecule has 0 spiro atoms. The summed E-state index contributed by atoms with van der Waals surface area (Å²) in [6.07, 6.45) is 2.15. The van der Waals surface area contributed by atoms with Crippen LogP contribution >= 0.6 is 0 Å². The summed E-state index contributed by atoms with van der Waals surface area (Å²) in [7, 11) is 2.15. The number of nitriles is 1. The van der Waals surface area contributed by atoms with Crippen LogP contribution in [0, 0.1) is 16.7 Å². The van der Waals surface area contributed by atoms with Crippen LogP contribution < -0.4 is 5.43 Å². The number of likely N-dealkylation sites (N-methyl/N-ethyl adjacent to an activating group) is 1. The van der Waals surface area contributed by atoms with E-state index in [0.29, 0.717) is 0 Å². The molecule has 0 amide bonds. The van der Waals surface area contributed by atoms with Crippen LogP contribution in [-0.4, -0.2) is 49.7 Å². The SMILES string of the molecule is CN1CCN(NCC2(C#N)CC2)CC1. The highest BCUT2D eigenvalue weighted by molar-refractivity contribution is 5.10. The van der Waals surface area contributed by atoms with E-state index in [1.165, 1.54) is 0 Å². The van der Waals surface area contributed by atoms with E-state index in [1.54, 1.807) is 0 Å². The molecule has 2 aliphatic rings. The van der Waals surface area contributed by atoms with Gasteiger partial charge in [0.2, 0.25) is 0 Å². The van der Waals surface area contributed by atoms with Gasteiger partial charge in [0.05, 0.1) is 11.5 Å². The topological polar surface area (TPSA) is 42.3 Å². The fourth-order valence-electron chi connectivity index (χ4n) is 1.71. The smallest absolute Gasteiger partial charge is 0.0713 e. The Morgan fingerprint density at radius 1 is 1.29 bits per heavy atom. The maximum absolute atomic E-state index is 8.91. The minimum atomic E-state index is -0.0245. The van der Waals surface area contributed by atoms with Gasteiger partial charge in [-0.1, -0.05) is 0 Å². The van der Waals surface area contributed by atoms with E-state index in [-0.39, 0.29) is 5.41 Å². The van der Waals surface area contributed by atoms with Gasteiger partial charge in [-0.15, -0.1) is 0 Å². The lowest BCUT2D eigenvalue weighted by molar-refractivity contribution is 0.0994. The van der Waals surface area contributed by atoms with Crippen LogP contribution in [0.25, 0.3) is 0 Å². The third-order valence-electron chi connectivity index (χ3n) is 3.24. The van der Waals surface area contributed by atoms with Crippen molar-refractivity contribution in [3.8, 4) is 6.07 Å². The van der Waals surface area contributed by atoms with E-state index in [2.05, 4.69) is 28.5 Å². The molecule has 0 radical (unpaired) electrons. The zero-order valence-corrected chi connectivity index (χ0v) is 8.79. The second-order valence-corrected chi connectivity index (χ2v) is 4.52. The largest absolute Gasteiger partial charge is 0.304 e. The summed E-state index contributed by atoms with van der Waals surface area (Å²) in [5, 5.41) is 11.2. The van der Waals surface area contributed by atoms with Crippen molar-refractivity contribution in [3.05, 3.63) is 0 Å². The Balaban J connectivity index is 1.69. The molecule has 2 rings (SSSR count). The van der Waals surface area contributed by atoms with Crippen LogP contribution in [0.15, 0.2) is 0 Å². The molecular formula is C10H18N4. The van der Waals surface area contributed by atoms with Crippen LogP contribution in [0.2, 0.25) is 0 Å². The summed E-state index contributed by atoms with van der Waals surface area (Å²) >= 11 is 0. The molecule has 1 aliphatic heterocycles. The molecule has 1 saturated heterocycles. The highest BCUT2D eigenvalue weighted by atomic mass is 15.5. The van der Waals surface area contributed by atoms with Gasteiger partial charge in [-0.3, -0.25) is 5.43 Å². The lowest BCUT2D eigenvalue weighted by Gasteiger charge is -2.33. The average molecular weight is 194 g/mol. The van der Waals surface area contributed by atoms with Gasteiger partial charge in [0.15, 0.2) is 0 Å². The maximum Gasteiger partial charge on any atom is 0.0713 e. The Bertz CT molecular complexity index is 233. The molecule has 1 heterocycles. The van der Waals surface area contributed by atoms with Gasteiger partial charge in [-0.05, 0) is 19.9 Å². The number of rotatable bonds is 3. The fourth-order valence-corrected chi connectivity index (χ4v) is 1.71. The lowest BCUT2D eigenvalue weighted by atomic mass is 10.1. The van der Waals surface area contributed by atoms with Crippen molar-refractivity contribution in [2.24, 2.45) is 5.41 Å². The minimum Gasteiger partial charge on any atom is -0.304 e. The monoisotopic (exact) mass is 194 g/mol. The standard InChI is InChI=1S/C10H18N4/c1-13-4-6-14(7-5-13)12-9-10(8-11)2-3-10/h12H,2-7,9H2,1H3. The van der Waals surface area contributed by atoms with Crippen molar-refractivity contribution in [1.29, 1.82) is 5.26 Å². The Kier molecular flexibility index (Phi) is 2.73. The molecule has 78 valence electrons. The van der Waals surface area contributed by atoms with E-state index in [9.17, 15) is 0 Å². The number of hydrogen-bond acceptors (Lipinski definition) is 4. The molecule has 4 nitrogen and oxygen atoms in total. The first-order valence-electron chi connectivity index (χ1n) is 5.32. The van der Waals surface area contributed by atoms with Crippen molar-refractivity contribution >= 4 is 0 Å². The van der Waals surface area contributed by atoms with Crippen molar-refractivity contribution in [2.75, 3.05) is 39.8 Å². The predicted molar refractivity (Wildman–Crippen MR) is 54.4 cm³/mol. The van der Waals surface area contributed by atoms with Crippen LogP contribution in [0.4, 0.5) is 0 Å². The fraction of sp³-hybridized carbons (Fsp3) is 0.900. The number of hydrogen-bond donors (Lipinski definition) is 1. The van der Waals surface area contributed by atoms with Gasteiger partial charge in [0.1, 0.15) is 0 Å². The Morgan fingerprint density at radius 3 is 2.43 bits per heavy atom. The normalized spacial score (nSPS) is 27.1. The van der Waals surface area contributed by atoms with Gasteiger partial charge >= 0.3 is 0 Å². The first kappa shape index (κ1) is 9.91. The van der Waals surface area contributed by atoms with Crippen molar-refractivity contribution in [1.82, 2.24) is 15.3 Å². The van der Waals surface area contributed by atoms with Gasteiger partial charge in [0.25, 0.3) is 0 Å². The summed E-state index contributed by atoms with van der Waals surface area (Å²) < 4.78 is 0. The number of hydrazine groups is 1. The molecule has 14 heavy (non-hydrogen) atoms. The first-order chi connectivity index (χ1) is 6.74. The summed E-state index contributed by atoms with van der Waals surface area (Å²) in [5.74, 6) is 0. The highest BCUT2D eigenvalue weighted by Gasteiger charge is 2.43. The zero-order valence-electron chi connectivity index (χ0n) is 8.79. The molecule has 0 aromatic rings. The van der Waals surface area contributed by atoms with Gasteiger partial charge < -0.3 is 4.90 Å². The van der Waals surface area contributed by atoms with Crippen LogP contribution in [0.1, 0.15) is 12.8 Å². The molecule has 4 heteroatoms. The number of piperazine rings is 1. The van der Waals surface area contributed by atoms with Gasteiger partial charge in [-0.2, -0.15) is 5.26 Å². The summed E-state index contributed by atoms with van der Waals surface area (Å²) in [6.45, 7) is 5.21. The minimum absolute atomic E-state index is 0.0245. The maximum atomic E-state index is 8.91. The van der Waals surface area contributed by atoms with Crippen LogP contribution in [0.3, 0.4) is 0 Å². The van der Waals surface area contributed by atoms with E-state index in [1.807, 2.05) is 0 Å². The summed E-state index contributed by atoms with van der Waals surface area (Å²) in [4.78, 5) is 2.33. The molecular weight excluding hydrogens is 176 g/mol. The Labute approximate surface area is 85.4 Å². The molecule has 0 unspecified atom stereocenters. The van der Waals surface area contributed by atoms with E-state index in [4.69, 9.17) is 5.26 Å². The van der Waals surface area contributed by atoms with Crippen LogP contribution in [0.5, 0.6) is 0 Å². The van der Waals surface area contributed by atoms with Gasteiger partial charge in [0, 0.05) is 32.7 Å². The predicted octanol–water partition coefficient (Wildman–Crippen LogP) is 0.0422. The van der Waals surface area contributed by atoms with Crippen molar-refractivity contribution < 1.29 is 0 Å². The average Bonchev–Trinajstić information content (AvgIpc) is 2.98. The summed E-state index contributed by atoms with van der Waals surface area (Å²) in [5.41, 5.74) is 3.36. The molecule has 1 saturated carbocycles. The molecule has 2 fully saturated rings. The highest BCUT2D eigenvalue weighted by Crippen LogP contribution is 2.44. The zero-order chi connectivity index (χ0) is 10.0. The third-order valence-corrected chi connectivity index (χ3v) is 3.24. The molecule has 0 bridgehead atoms. The van der Waals surface area contributed by atoms with Crippen molar-refractivity contribution in [2.45, 2.75) is 12.8 Å². The second kappa shape index (κ2) is 3.85. The second-order valence-electron chi connectivity index (χ2n) is 4.52. The van der Waals surface area contributed by atoms with E-state index < -0.39 is 0 Å². The molecule has 0 aromatic heterocycles. The third kappa shape index (κ3) is 2.24. The Morgan fingerprint density at radius 2 is 1.93 bits per heavy atom. The van der Waals surface area contributed by atoms with E-state index in [0.717, 1.165) is 45.6 Å². The number of nitrogens with one attached hydrogen (secondary N) is 1. The molecule has 0 aromatic carbocycles. The summed E-state index contributed by atoms with van der Waals surface area (Å²) in [6, 6.07) is 2.40. The first-order valence-corrected chi connectivity index (χ1v) is 5.32. The molecule has 1 aliphatic carbocycles. The van der Waals surface area contributed by atoms with E-state index >= 15 is 0 Å². The van der Waals surface area contributed by atoms with Crippen LogP contribution in [-0.2, 0) is 0 Å². The molecule has 0 atom stereocenters. The lowest BCUT2D eigenvalue weighted by Crippen LogP contribution is -2.51.